The fourth-order valence-corrected chi connectivity index (χ4v) is 1.10. The lowest BCUT2D eigenvalue weighted by atomic mass is 10.2. The van der Waals surface area contributed by atoms with Gasteiger partial charge in [-0.2, -0.15) is 0 Å². The van der Waals surface area contributed by atoms with Gasteiger partial charge in [0.1, 0.15) is 0 Å². The summed E-state index contributed by atoms with van der Waals surface area (Å²) >= 11 is 0. The van der Waals surface area contributed by atoms with Gasteiger partial charge in [0.25, 0.3) is 0 Å². The van der Waals surface area contributed by atoms with Crippen LogP contribution >= 0.6 is 0 Å². The molecule has 15 heavy (non-hydrogen) atoms. The molecule has 0 atom stereocenters. The molecule has 0 spiro atoms. The van der Waals surface area contributed by atoms with Crippen LogP contribution in [0.5, 0.6) is 0 Å². The predicted octanol–water partition coefficient (Wildman–Crippen LogP) is 2.82. The first-order valence-electron chi connectivity index (χ1n) is 4.72. The molecule has 0 amide bonds. The molecule has 0 fully saturated rings. The van der Waals surface area contributed by atoms with Crippen molar-refractivity contribution in [2.45, 2.75) is 6.92 Å². The molecule has 0 aliphatic rings. The van der Waals surface area contributed by atoms with Gasteiger partial charge in [0.2, 0.25) is 0 Å². The molecule has 0 bridgehead atoms. The van der Waals surface area contributed by atoms with E-state index in [1.54, 1.807) is 13.0 Å². The molecular weight excluding hydrogens is 188 g/mol. The van der Waals surface area contributed by atoms with Crippen LogP contribution in [0.1, 0.15) is 12.5 Å². The summed E-state index contributed by atoms with van der Waals surface area (Å²) in [6.45, 7) is 1.72. The molecule has 0 saturated carbocycles. The zero-order chi connectivity index (χ0) is 11.1. The molecule has 0 saturated heterocycles. The third-order valence-electron chi connectivity index (χ3n) is 1.94. The molecule has 0 aromatic heterocycles. The SMILES string of the molecule is COC(=O)/C(C)=C/C=C\c1ccccc1. The highest BCUT2D eigenvalue weighted by molar-refractivity contribution is 5.88. The van der Waals surface area contributed by atoms with Gasteiger partial charge in [0, 0.05) is 5.57 Å². The van der Waals surface area contributed by atoms with Crippen LogP contribution in [0, 0.1) is 0 Å². The Kier molecular flexibility index (Phi) is 4.35. The van der Waals surface area contributed by atoms with Crippen LogP contribution in [0.15, 0.2) is 48.1 Å². The number of carbonyl (C=O) groups is 1. The molecule has 0 aliphatic heterocycles. The summed E-state index contributed by atoms with van der Waals surface area (Å²) in [6.07, 6.45) is 5.51. The van der Waals surface area contributed by atoms with Crippen molar-refractivity contribution in [1.29, 1.82) is 0 Å². The van der Waals surface area contributed by atoms with Gasteiger partial charge in [-0.25, -0.2) is 4.79 Å². The van der Waals surface area contributed by atoms with Crippen molar-refractivity contribution >= 4 is 12.0 Å². The van der Waals surface area contributed by atoms with Crippen LogP contribution in [-0.4, -0.2) is 13.1 Å². The lowest BCUT2D eigenvalue weighted by Gasteiger charge is -1.95. The molecule has 0 unspecified atom stereocenters. The van der Waals surface area contributed by atoms with Gasteiger partial charge in [0.15, 0.2) is 0 Å². The van der Waals surface area contributed by atoms with E-state index in [-0.39, 0.29) is 5.97 Å². The van der Waals surface area contributed by atoms with Crippen molar-refractivity contribution in [3.63, 3.8) is 0 Å². The molecule has 2 nitrogen and oxygen atoms in total. The summed E-state index contributed by atoms with van der Waals surface area (Å²) in [6, 6.07) is 9.90. The van der Waals surface area contributed by atoms with Gasteiger partial charge in [-0.05, 0) is 12.5 Å². The van der Waals surface area contributed by atoms with E-state index in [0.717, 1.165) is 5.56 Å². The van der Waals surface area contributed by atoms with Crippen LogP contribution in [0.2, 0.25) is 0 Å². The van der Waals surface area contributed by atoms with Crippen molar-refractivity contribution in [1.82, 2.24) is 0 Å². The Morgan fingerprint density at radius 2 is 1.93 bits per heavy atom. The predicted molar refractivity (Wildman–Crippen MR) is 61.2 cm³/mol. The second-order valence-electron chi connectivity index (χ2n) is 3.11. The number of ether oxygens (including phenoxy) is 1. The zero-order valence-corrected chi connectivity index (χ0v) is 8.94. The summed E-state index contributed by atoms with van der Waals surface area (Å²) in [5.74, 6) is -0.298. The molecular formula is C13H14O2. The topological polar surface area (TPSA) is 26.3 Å². The maximum atomic E-state index is 11.0. The Hall–Kier alpha value is -1.83. The minimum atomic E-state index is -0.298. The summed E-state index contributed by atoms with van der Waals surface area (Å²) < 4.78 is 4.57. The molecule has 0 radical (unpaired) electrons. The Morgan fingerprint density at radius 1 is 1.27 bits per heavy atom. The van der Waals surface area contributed by atoms with Crippen LogP contribution in [0.25, 0.3) is 6.08 Å². The minimum Gasteiger partial charge on any atom is -0.466 e. The van der Waals surface area contributed by atoms with Crippen LogP contribution in [0.4, 0.5) is 0 Å². The lowest BCUT2D eigenvalue weighted by Crippen LogP contribution is -2.00. The number of esters is 1. The molecule has 0 N–H and O–H groups in total. The standard InChI is InChI=1S/C13H14O2/c1-11(13(14)15-2)7-6-10-12-8-4-3-5-9-12/h3-10H,1-2H3/b10-6-,11-7+. The zero-order valence-electron chi connectivity index (χ0n) is 8.94. The normalized spacial score (nSPS) is 11.7. The van der Waals surface area contributed by atoms with E-state index >= 15 is 0 Å². The van der Waals surface area contributed by atoms with Gasteiger partial charge >= 0.3 is 5.97 Å². The molecule has 1 rings (SSSR count). The highest BCUT2D eigenvalue weighted by Gasteiger charge is 1.99. The third-order valence-corrected chi connectivity index (χ3v) is 1.94. The van der Waals surface area contributed by atoms with Gasteiger partial charge < -0.3 is 4.74 Å². The average molecular weight is 202 g/mol. The molecule has 1 aromatic rings. The molecule has 0 heterocycles. The number of hydrogen-bond acceptors (Lipinski definition) is 2. The number of rotatable bonds is 3. The fourth-order valence-electron chi connectivity index (χ4n) is 1.10. The Bertz CT molecular complexity index is 375. The van der Waals surface area contributed by atoms with Crippen molar-refractivity contribution in [3.8, 4) is 0 Å². The monoisotopic (exact) mass is 202 g/mol. The van der Waals surface area contributed by atoms with Crippen molar-refractivity contribution in [2.24, 2.45) is 0 Å². The smallest absolute Gasteiger partial charge is 0.333 e. The molecule has 2 heteroatoms. The first-order chi connectivity index (χ1) is 7.24. The van der Waals surface area contributed by atoms with E-state index in [0.29, 0.717) is 5.57 Å². The number of carbonyl (C=O) groups excluding carboxylic acids is 1. The van der Waals surface area contributed by atoms with E-state index in [9.17, 15) is 4.79 Å². The van der Waals surface area contributed by atoms with Crippen molar-refractivity contribution in [2.75, 3.05) is 7.11 Å². The van der Waals surface area contributed by atoms with Crippen LogP contribution in [-0.2, 0) is 9.53 Å². The number of allylic oxidation sites excluding steroid dienone is 2. The minimum absolute atomic E-state index is 0.298. The van der Waals surface area contributed by atoms with E-state index < -0.39 is 0 Å². The quantitative estimate of drug-likeness (QED) is 0.428. The first kappa shape index (κ1) is 11.2. The second kappa shape index (κ2) is 5.81. The van der Waals surface area contributed by atoms with Crippen LogP contribution < -0.4 is 0 Å². The average Bonchev–Trinajstić information content (AvgIpc) is 2.29. The molecule has 78 valence electrons. The summed E-state index contributed by atoms with van der Waals surface area (Å²) in [4.78, 5) is 11.0. The number of benzene rings is 1. The molecule has 0 aliphatic carbocycles. The van der Waals surface area contributed by atoms with Gasteiger partial charge in [-0.15, -0.1) is 0 Å². The Balaban J connectivity index is 2.64. The number of hydrogen-bond donors (Lipinski definition) is 0. The molecule has 1 aromatic carbocycles. The fraction of sp³-hybridized carbons (Fsp3) is 0.154. The van der Waals surface area contributed by atoms with E-state index in [4.69, 9.17) is 0 Å². The van der Waals surface area contributed by atoms with Crippen molar-refractivity contribution in [3.05, 3.63) is 53.6 Å². The van der Waals surface area contributed by atoms with E-state index in [1.807, 2.05) is 42.5 Å². The van der Waals surface area contributed by atoms with Crippen LogP contribution in [0.3, 0.4) is 0 Å². The summed E-state index contributed by atoms with van der Waals surface area (Å²) in [5, 5.41) is 0. The maximum absolute atomic E-state index is 11.0. The highest BCUT2D eigenvalue weighted by atomic mass is 16.5. The summed E-state index contributed by atoms with van der Waals surface area (Å²) in [7, 11) is 1.38. The van der Waals surface area contributed by atoms with Gasteiger partial charge in [-0.1, -0.05) is 48.6 Å². The maximum Gasteiger partial charge on any atom is 0.333 e. The summed E-state index contributed by atoms with van der Waals surface area (Å²) in [5.41, 5.74) is 1.69. The Labute approximate surface area is 89.9 Å². The van der Waals surface area contributed by atoms with Gasteiger partial charge in [-0.3, -0.25) is 0 Å². The third kappa shape index (κ3) is 3.81. The highest BCUT2D eigenvalue weighted by Crippen LogP contribution is 2.02. The second-order valence-corrected chi connectivity index (χ2v) is 3.11. The lowest BCUT2D eigenvalue weighted by molar-refractivity contribution is -0.136. The number of methoxy groups -OCH3 is 1. The van der Waals surface area contributed by atoms with Gasteiger partial charge in [0.05, 0.1) is 7.11 Å². The van der Waals surface area contributed by atoms with E-state index in [1.165, 1.54) is 7.11 Å². The van der Waals surface area contributed by atoms with Crippen molar-refractivity contribution < 1.29 is 9.53 Å². The van der Waals surface area contributed by atoms with E-state index in [2.05, 4.69) is 4.74 Å². The first-order valence-corrected chi connectivity index (χ1v) is 4.72. The Morgan fingerprint density at radius 3 is 2.53 bits per heavy atom. The largest absolute Gasteiger partial charge is 0.466 e.